The molecule has 5 nitrogen and oxygen atoms in total. The molecule has 2 aromatic heterocycles. The van der Waals surface area contributed by atoms with Crippen LogP contribution >= 0.6 is 35.6 Å². The summed E-state index contributed by atoms with van der Waals surface area (Å²) in [5.41, 5.74) is 0.898. The minimum Gasteiger partial charge on any atom is -0.452 e. The van der Waals surface area contributed by atoms with Crippen molar-refractivity contribution in [3.63, 3.8) is 0 Å². The van der Waals surface area contributed by atoms with Crippen LogP contribution in [0.15, 0.2) is 75.2 Å². The first-order chi connectivity index (χ1) is 14.2. The van der Waals surface area contributed by atoms with E-state index in [1.807, 2.05) is 54.6 Å². The Morgan fingerprint density at radius 3 is 2.72 bits per heavy atom. The normalized spacial score (nSPS) is 18.8. The van der Waals surface area contributed by atoms with Crippen LogP contribution in [0.2, 0.25) is 5.02 Å². The van der Waals surface area contributed by atoms with Crippen LogP contribution in [-0.4, -0.2) is 33.3 Å². The zero-order valence-corrected chi connectivity index (χ0v) is 17.9. The van der Waals surface area contributed by atoms with E-state index >= 15 is 0 Å². The summed E-state index contributed by atoms with van der Waals surface area (Å²) < 4.78 is 6.21. The molecule has 2 atom stereocenters. The molecule has 0 amide bonds. The van der Waals surface area contributed by atoms with Gasteiger partial charge in [-0.05, 0) is 67.2 Å². The maximum absolute atomic E-state index is 9.30. The van der Waals surface area contributed by atoms with Crippen LogP contribution < -0.4 is 5.32 Å². The molecule has 4 rings (SSSR count). The molecule has 1 fully saturated rings. The molecule has 29 heavy (non-hydrogen) atoms. The molecular weight excluding hydrogens is 426 g/mol. The Morgan fingerprint density at radius 1 is 1.17 bits per heavy atom. The highest BCUT2D eigenvalue weighted by Gasteiger charge is 2.41. The Balaban J connectivity index is 1.62. The van der Waals surface area contributed by atoms with Gasteiger partial charge in [-0.15, -0.1) is 0 Å². The lowest BCUT2D eigenvalue weighted by molar-refractivity contribution is 0.226. The van der Waals surface area contributed by atoms with Gasteiger partial charge in [0.05, 0.1) is 11.7 Å². The van der Waals surface area contributed by atoms with Crippen molar-refractivity contribution < 1.29 is 9.52 Å². The Kier molecular flexibility index (Phi) is 6.40. The molecule has 0 unspecified atom stereocenters. The Bertz CT molecular complexity index is 966. The van der Waals surface area contributed by atoms with Crippen LogP contribution in [0.5, 0.6) is 0 Å². The molecule has 1 saturated heterocycles. The van der Waals surface area contributed by atoms with Gasteiger partial charge in [0.25, 0.3) is 0 Å². The van der Waals surface area contributed by atoms with E-state index in [0.717, 1.165) is 21.4 Å². The Labute approximate surface area is 184 Å². The number of nitrogens with one attached hydrogen (secondary N) is 1. The number of aromatic nitrogens is 1. The van der Waals surface area contributed by atoms with Gasteiger partial charge in [0.1, 0.15) is 11.8 Å². The van der Waals surface area contributed by atoms with Gasteiger partial charge in [-0.3, -0.25) is 4.98 Å². The second kappa shape index (κ2) is 9.17. The molecule has 3 heterocycles. The van der Waals surface area contributed by atoms with E-state index in [4.69, 9.17) is 28.2 Å². The number of halogens is 1. The third-order valence-electron chi connectivity index (χ3n) is 4.68. The topological polar surface area (TPSA) is 61.5 Å². The molecule has 1 aliphatic rings. The second-order valence-electron chi connectivity index (χ2n) is 6.61. The summed E-state index contributed by atoms with van der Waals surface area (Å²) in [6, 6.07) is 17.2. The highest BCUT2D eigenvalue weighted by Crippen LogP contribution is 2.41. The van der Waals surface area contributed by atoms with Gasteiger partial charge >= 0.3 is 0 Å². The molecule has 1 aromatic carbocycles. The molecule has 2 N–H and O–H groups in total. The van der Waals surface area contributed by atoms with Gasteiger partial charge in [0.2, 0.25) is 0 Å². The van der Waals surface area contributed by atoms with E-state index in [9.17, 15) is 5.11 Å². The summed E-state index contributed by atoms with van der Waals surface area (Å²) in [5.74, 6) is 0.808. The number of hydrogen-bond acceptors (Lipinski definition) is 5. The fourth-order valence-corrected chi connectivity index (χ4v) is 4.60. The predicted molar refractivity (Wildman–Crippen MR) is 118 cm³/mol. The Hall–Kier alpha value is -2.06. The van der Waals surface area contributed by atoms with Gasteiger partial charge in [-0.25, -0.2) is 0 Å². The number of aliphatic hydroxyl groups is 1. The van der Waals surface area contributed by atoms with Gasteiger partial charge in [0.15, 0.2) is 10.2 Å². The van der Waals surface area contributed by atoms with Crippen molar-refractivity contribution in [3.8, 4) is 0 Å². The summed E-state index contributed by atoms with van der Waals surface area (Å²) in [6.45, 7) is 0.743. The number of rotatable bonds is 7. The van der Waals surface area contributed by atoms with Crippen LogP contribution in [0.3, 0.4) is 0 Å². The molecule has 0 spiro atoms. The SMILES string of the molecule is OCCCN1C(=S)N[C@H](c2ccccn2)[C@@H]1c1ccc(Sc2ccc(Cl)cc2)o1. The number of hydrogen-bond donors (Lipinski definition) is 2. The van der Waals surface area contributed by atoms with Crippen molar-refractivity contribution >= 4 is 40.7 Å². The standard InChI is InChI=1S/C21H20ClN3O2S2/c22-14-5-7-15(8-6-14)29-18-10-9-17(27-18)20-19(16-4-1-2-11-23-16)24-21(28)25(20)12-3-13-26/h1-2,4-11,19-20,26H,3,12-13H2,(H,24,28)/t19-,20+/m1/s1. The summed E-state index contributed by atoms with van der Waals surface area (Å²) >= 11 is 13.1. The third-order valence-corrected chi connectivity index (χ3v) is 6.21. The monoisotopic (exact) mass is 445 g/mol. The molecule has 0 saturated carbocycles. The first-order valence-corrected chi connectivity index (χ1v) is 10.9. The van der Waals surface area contributed by atoms with Crippen LogP contribution in [0.1, 0.15) is 30.0 Å². The minimum atomic E-state index is -0.136. The van der Waals surface area contributed by atoms with Crippen molar-refractivity contribution in [3.05, 3.63) is 77.3 Å². The molecule has 1 aliphatic heterocycles. The molecule has 0 bridgehead atoms. The number of aliphatic hydroxyl groups excluding tert-OH is 1. The second-order valence-corrected chi connectivity index (χ2v) is 8.51. The molecule has 150 valence electrons. The summed E-state index contributed by atoms with van der Waals surface area (Å²) in [4.78, 5) is 7.63. The smallest absolute Gasteiger partial charge is 0.170 e. The average molecular weight is 446 g/mol. The van der Waals surface area contributed by atoms with Crippen molar-refractivity contribution in [2.75, 3.05) is 13.2 Å². The van der Waals surface area contributed by atoms with Crippen molar-refractivity contribution in [1.29, 1.82) is 0 Å². The molecular formula is C21H20ClN3O2S2. The zero-order chi connectivity index (χ0) is 20.2. The fourth-order valence-electron chi connectivity index (χ4n) is 3.36. The number of nitrogens with zero attached hydrogens (tertiary/aromatic N) is 2. The maximum Gasteiger partial charge on any atom is 0.170 e. The number of benzene rings is 1. The van der Waals surface area contributed by atoms with Gasteiger partial charge in [0, 0.05) is 29.3 Å². The van der Waals surface area contributed by atoms with E-state index in [0.29, 0.717) is 23.1 Å². The number of pyridine rings is 1. The van der Waals surface area contributed by atoms with Gasteiger partial charge in [-0.1, -0.05) is 29.4 Å². The molecule has 0 radical (unpaired) electrons. The van der Waals surface area contributed by atoms with Crippen molar-refractivity contribution in [2.45, 2.75) is 28.5 Å². The minimum absolute atomic E-state index is 0.107. The number of thiocarbonyl (C=S) groups is 1. The Morgan fingerprint density at radius 2 is 2.00 bits per heavy atom. The van der Waals surface area contributed by atoms with Crippen LogP contribution in [0.4, 0.5) is 0 Å². The third kappa shape index (κ3) is 4.59. The van der Waals surface area contributed by atoms with Crippen molar-refractivity contribution in [1.82, 2.24) is 15.2 Å². The zero-order valence-electron chi connectivity index (χ0n) is 15.5. The first kappa shape index (κ1) is 20.2. The molecule has 0 aliphatic carbocycles. The lowest BCUT2D eigenvalue weighted by Gasteiger charge is -2.25. The van der Waals surface area contributed by atoms with E-state index < -0.39 is 0 Å². The highest BCUT2D eigenvalue weighted by atomic mass is 35.5. The van der Waals surface area contributed by atoms with E-state index in [1.165, 1.54) is 0 Å². The molecule has 8 heteroatoms. The number of furan rings is 1. The van der Waals surface area contributed by atoms with Crippen LogP contribution in [-0.2, 0) is 0 Å². The van der Waals surface area contributed by atoms with Crippen LogP contribution in [0.25, 0.3) is 0 Å². The lowest BCUT2D eigenvalue weighted by Crippen LogP contribution is -2.30. The summed E-state index contributed by atoms with van der Waals surface area (Å²) in [6.07, 6.45) is 2.40. The van der Waals surface area contributed by atoms with Gasteiger partial charge < -0.3 is 19.7 Å². The van der Waals surface area contributed by atoms with Crippen molar-refractivity contribution in [2.24, 2.45) is 0 Å². The summed E-state index contributed by atoms with van der Waals surface area (Å²) in [7, 11) is 0. The maximum atomic E-state index is 9.30. The average Bonchev–Trinajstić information content (AvgIpc) is 3.32. The fraction of sp³-hybridized carbons (Fsp3) is 0.238. The summed E-state index contributed by atoms with van der Waals surface area (Å²) in [5, 5.41) is 14.8. The lowest BCUT2D eigenvalue weighted by atomic mass is 10.0. The predicted octanol–water partition coefficient (Wildman–Crippen LogP) is 4.83. The molecule has 3 aromatic rings. The van der Waals surface area contributed by atoms with Gasteiger partial charge in [-0.2, -0.15) is 0 Å². The largest absolute Gasteiger partial charge is 0.452 e. The van der Waals surface area contributed by atoms with Crippen LogP contribution in [0, 0.1) is 0 Å². The van der Waals surface area contributed by atoms with E-state index in [1.54, 1.807) is 18.0 Å². The highest BCUT2D eigenvalue weighted by molar-refractivity contribution is 7.99. The quantitative estimate of drug-likeness (QED) is 0.505. The van der Waals surface area contributed by atoms with E-state index in [-0.39, 0.29) is 18.7 Å². The first-order valence-electron chi connectivity index (χ1n) is 9.28. The van der Waals surface area contributed by atoms with E-state index in [2.05, 4.69) is 15.2 Å².